The van der Waals surface area contributed by atoms with E-state index in [-0.39, 0.29) is 46.8 Å². The summed E-state index contributed by atoms with van der Waals surface area (Å²) in [5.74, 6) is 1.20. The van der Waals surface area contributed by atoms with Crippen molar-refractivity contribution in [2.24, 2.45) is 40.4 Å². The fraction of sp³-hybridized carbons (Fsp3) is 0.818. The molecule has 0 bridgehead atoms. The van der Waals surface area contributed by atoms with Gasteiger partial charge in [0, 0.05) is 12.3 Å². The van der Waals surface area contributed by atoms with E-state index in [1.165, 1.54) is 0 Å². The fourth-order valence-electron chi connectivity index (χ4n) is 7.71. The van der Waals surface area contributed by atoms with Gasteiger partial charge in [0.1, 0.15) is 12.8 Å². The third kappa shape index (κ3) is 2.33. The molecule has 4 rings (SSSR count). The van der Waals surface area contributed by atoms with E-state index in [1.54, 1.807) is 6.08 Å². The van der Waals surface area contributed by atoms with Gasteiger partial charge in [-0.25, -0.2) is 4.39 Å². The molecule has 0 heterocycles. The molecule has 3 saturated carbocycles. The molecule has 0 radical (unpaired) electrons. The van der Waals surface area contributed by atoms with E-state index < -0.39 is 6.17 Å². The number of alkyl halides is 1. The van der Waals surface area contributed by atoms with Crippen molar-refractivity contribution in [1.29, 1.82) is 0 Å². The molecule has 1 N–H and O–H groups in total. The van der Waals surface area contributed by atoms with Gasteiger partial charge in [0.25, 0.3) is 0 Å². The fourth-order valence-corrected chi connectivity index (χ4v) is 7.71. The number of fused-ring (bicyclic) bond motifs is 5. The van der Waals surface area contributed by atoms with Crippen molar-refractivity contribution in [3.05, 3.63) is 11.6 Å². The van der Waals surface area contributed by atoms with Gasteiger partial charge in [0.15, 0.2) is 11.6 Å². The Bertz CT molecular complexity index is 670. The second kappa shape index (κ2) is 5.98. The predicted octanol–water partition coefficient (Wildman–Crippen LogP) is 3.89. The molecule has 4 aliphatic rings. The van der Waals surface area contributed by atoms with Gasteiger partial charge < -0.3 is 5.11 Å². The minimum Gasteiger partial charge on any atom is -0.389 e. The highest BCUT2D eigenvalue weighted by Gasteiger charge is 2.63. The van der Waals surface area contributed by atoms with Crippen LogP contribution in [0, 0.1) is 40.4 Å². The number of aliphatic hydroxyl groups is 1. The Labute approximate surface area is 155 Å². The van der Waals surface area contributed by atoms with Crippen molar-refractivity contribution in [2.45, 2.75) is 65.5 Å². The number of carbonyl (C=O) groups excluding carboxylic acids is 2. The molecule has 0 aromatic rings. The molecular weight excluding hydrogens is 331 g/mol. The van der Waals surface area contributed by atoms with E-state index >= 15 is 4.39 Å². The Morgan fingerprint density at radius 1 is 1.27 bits per heavy atom. The van der Waals surface area contributed by atoms with Gasteiger partial charge in [-0.1, -0.05) is 20.8 Å². The van der Waals surface area contributed by atoms with Gasteiger partial charge in [-0.2, -0.15) is 0 Å². The zero-order valence-corrected chi connectivity index (χ0v) is 16.1. The summed E-state index contributed by atoms with van der Waals surface area (Å²) in [6, 6.07) is 0. The Morgan fingerprint density at radius 3 is 2.69 bits per heavy atom. The largest absolute Gasteiger partial charge is 0.389 e. The molecule has 3 fully saturated rings. The first-order valence-corrected chi connectivity index (χ1v) is 10.2. The summed E-state index contributed by atoms with van der Waals surface area (Å²) in [6.45, 7) is 6.12. The summed E-state index contributed by atoms with van der Waals surface area (Å²) >= 11 is 0. The molecule has 3 nitrogen and oxygen atoms in total. The highest BCUT2D eigenvalue weighted by molar-refractivity contribution is 5.92. The molecule has 0 spiro atoms. The number of rotatable bonds is 2. The van der Waals surface area contributed by atoms with Gasteiger partial charge in [-0.3, -0.25) is 9.59 Å². The number of hydrogen-bond donors (Lipinski definition) is 1. The van der Waals surface area contributed by atoms with Crippen LogP contribution in [0.1, 0.15) is 59.3 Å². The number of aliphatic hydroxyl groups excluding tert-OH is 1. The number of allylic oxidation sites excluding steroid dienone is 1. The SMILES string of the molecule is CC1C[C@H]2[C@@H]3CC(F)C4=CC(=O)CC[C@]4(C)[C@H]3CC[C@]2(C)[C@H]1C(=O)CO. The summed E-state index contributed by atoms with van der Waals surface area (Å²) in [5.41, 5.74) is 0.412. The van der Waals surface area contributed by atoms with E-state index in [4.69, 9.17) is 0 Å². The maximum absolute atomic E-state index is 15.2. The minimum atomic E-state index is -1.03. The quantitative estimate of drug-likeness (QED) is 0.811. The van der Waals surface area contributed by atoms with E-state index in [0.29, 0.717) is 24.7 Å². The van der Waals surface area contributed by atoms with Crippen molar-refractivity contribution in [3.63, 3.8) is 0 Å². The van der Waals surface area contributed by atoms with Crippen LogP contribution in [0.2, 0.25) is 0 Å². The average Bonchev–Trinajstić information content (AvgIpc) is 2.86. The molecular formula is C22H31FO3. The first-order valence-electron chi connectivity index (χ1n) is 10.2. The Balaban J connectivity index is 1.71. The Morgan fingerprint density at radius 2 is 2.00 bits per heavy atom. The van der Waals surface area contributed by atoms with E-state index in [0.717, 1.165) is 31.3 Å². The van der Waals surface area contributed by atoms with Crippen LogP contribution >= 0.6 is 0 Å². The standard InChI is InChI=1S/C22H31FO3/c1-12-8-16-14-10-18(23)17-9-13(25)4-6-21(17,2)15(14)5-7-22(16,3)20(12)19(26)11-24/h9,12,14-16,18,20,24H,4-8,10-11H2,1-3H3/t12?,14-,15+,16+,18?,20-,21-,22+/m1/s1. The number of hydrogen-bond acceptors (Lipinski definition) is 3. The van der Waals surface area contributed by atoms with Crippen LogP contribution in [-0.2, 0) is 9.59 Å². The van der Waals surface area contributed by atoms with Crippen LogP contribution in [0.3, 0.4) is 0 Å². The second-order valence-corrected chi connectivity index (χ2v) is 9.92. The highest BCUT2D eigenvalue weighted by atomic mass is 19.1. The minimum absolute atomic E-state index is 0.0383. The molecule has 2 unspecified atom stereocenters. The van der Waals surface area contributed by atoms with Gasteiger partial charge in [0.2, 0.25) is 0 Å². The van der Waals surface area contributed by atoms with E-state index in [1.807, 2.05) is 0 Å². The lowest BCUT2D eigenvalue weighted by Crippen LogP contribution is -2.53. The van der Waals surface area contributed by atoms with E-state index in [2.05, 4.69) is 20.8 Å². The van der Waals surface area contributed by atoms with Gasteiger partial charge in [-0.05, 0) is 78.3 Å². The Hall–Kier alpha value is -1.03. The first kappa shape index (κ1) is 18.3. The molecule has 0 amide bonds. The summed E-state index contributed by atoms with van der Waals surface area (Å²) in [5, 5.41) is 9.46. The smallest absolute Gasteiger partial charge is 0.162 e. The van der Waals surface area contributed by atoms with Crippen molar-refractivity contribution in [1.82, 2.24) is 0 Å². The van der Waals surface area contributed by atoms with Crippen LogP contribution in [0.25, 0.3) is 0 Å². The summed E-state index contributed by atoms with van der Waals surface area (Å²) in [7, 11) is 0. The van der Waals surface area contributed by atoms with Crippen LogP contribution in [0.15, 0.2) is 11.6 Å². The van der Waals surface area contributed by atoms with Gasteiger partial charge >= 0.3 is 0 Å². The normalized spacial score (nSPS) is 50.5. The predicted molar refractivity (Wildman–Crippen MR) is 97.1 cm³/mol. The van der Waals surface area contributed by atoms with Crippen LogP contribution in [-0.4, -0.2) is 29.5 Å². The van der Waals surface area contributed by atoms with Crippen LogP contribution < -0.4 is 0 Å². The highest BCUT2D eigenvalue weighted by Crippen LogP contribution is 2.67. The van der Waals surface area contributed by atoms with Gasteiger partial charge in [-0.15, -0.1) is 0 Å². The summed E-state index contributed by atoms with van der Waals surface area (Å²) in [6.07, 6.45) is 5.27. The molecule has 8 atom stereocenters. The van der Waals surface area contributed by atoms with E-state index in [9.17, 15) is 14.7 Å². The molecule has 0 aromatic heterocycles. The van der Waals surface area contributed by atoms with Crippen molar-refractivity contribution in [3.8, 4) is 0 Å². The zero-order chi connectivity index (χ0) is 18.9. The molecule has 0 saturated heterocycles. The third-order valence-electron chi connectivity index (χ3n) is 8.78. The lowest BCUT2D eigenvalue weighted by atomic mass is 9.46. The topological polar surface area (TPSA) is 54.4 Å². The Kier molecular flexibility index (Phi) is 4.22. The zero-order valence-electron chi connectivity index (χ0n) is 16.1. The molecule has 4 heteroatoms. The second-order valence-electron chi connectivity index (χ2n) is 9.92. The van der Waals surface area contributed by atoms with Crippen molar-refractivity contribution in [2.75, 3.05) is 6.61 Å². The maximum Gasteiger partial charge on any atom is 0.162 e. The average molecular weight is 362 g/mol. The number of carbonyl (C=O) groups is 2. The molecule has 0 aromatic carbocycles. The van der Waals surface area contributed by atoms with Gasteiger partial charge in [0.05, 0.1) is 0 Å². The summed E-state index contributed by atoms with van der Waals surface area (Å²) < 4.78 is 15.2. The molecule has 0 aliphatic heterocycles. The lowest BCUT2D eigenvalue weighted by Gasteiger charge is -2.58. The van der Waals surface area contributed by atoms with Crippen molar-refractivity contribution >= 4 is 11.6 Å². The monoisotopic (exact) mass is 362 g/mol. The maximum atomic E-state index is 15.2. The molecule has 144 valence electrons. The number of halogens is 1. The molecule has 26 heavy (non-hydrogen) atoms. The third-order valence-corrected chi connectivity index (χ3v) is 8.78. The van der Waals surface area contributed by atoms with Crippen LogP contribution in [0.5, 0.6) is 0 Å². The van der Waals surface area contributed by atoms with Crippen LogP contribution in [0.4, 0.5) is 4.39 Å². The molecule has 4 aliphatic carbocycles. The summed E-state index contributed by atoms with van der Waals surface area (Å²) in [4.78, 5) is 24.4. The lowest BCUT2D eigenvalue weighted by molar-refractivity contribution is -0.135. The number of ketones is 2. The van der Waals surface area contributed by atoms with Crippen molar-refractivity contribution < 1.29 is 19.1 Å². The number of Topliss-reactive ketones (excluding diaryl/α,β-unsaturated/α-hetero) is 1. The first-order chi connectivity index (χ1) is 12.2.